The second-order valence-corrected chi connectivity index (χ2v) is 5.70. The van der Waals surface area contributed by atoms with Gasteiger partial charge in [0.25, 0.3) is 0 Å². The predicted octanol–water partition coefficient (Wildman–Crippen LogP) is 1.36. The van der Waals surface area contributed by atoms with Gasteiger partial charge >= 0.3 is 11.9 Å². The number of nitroso groups, excluding NO2 is 1. The molecular formula is C16H21NO6. The van der Waals surface area contributed by atoms with Crippen molar-refractivity contribution < 1.29 is 24.2 Å². The van der Waals surface area contributed by atoms with Crippen molar-refractivity contribution >= 4 is 11.9 Å². The summed E-state index contributed by atoms with van der Waals surface area (Å²) in [6.07, 6.45) is 7.60. The van der Waals surface area contributed by atoms with Gasteiger partial charge in [0.15, 0.2) is 0 Å². The standard InChI is InChI=1S/C16H21NO6/c18-6-8-23-16(20)14-4-2-11-9-13(3-1-12(11)10-14)15(19)22-7-5-17-21/h1,3-4,11-13,18H,2,5-10H2. The molecule has 3 unspecified atom stereocenters. The summed E-state index contributed by atoms with van der Waals surface area (Å²) in [5, 5.41) is 11.3. The van der Waals surface area contributed by atoms with Crippen LogP contribution in [-0.2, 0) is 19.1 Å². The fraction of sp³-hybridized carbons (Fsp3) is 0.625. The number of ether oxygens (including phenoxy) is 2. The molecule has 0 saturated heterocycles. The van der Waals surface area contributed by atoms with E-state index >= 15 is 0 Å². The number of rotatable bonds is 7. The Labute approximate surface area is 134 Å². The molecule has 0 spiro atoms. The van der Waals surface area contributed by atoms with Crippen molar-refractivity contribution in [1.82, 2.24) is 0 Å². The van der Waals surface area contributed by atoms with E-state index in [9.17, 15) is 14.5 Å². The molecule has 0 amide bonds. The van der Waals surface area contributed by atoms with Crippen LogP contribution in [0.5, 0.6) is 0 Å². The lowest BCUT2D eigenvalue weighted by Gasteiger charge is -2.33. The maximum atomic E-state index is 11.9. The first kappa shape index (κ1) is 17.3. The van der Waals surface area contributed by atoms with Crippen molar-refractivity contribution in [3.8, 4) is 0 Å². The summed E-state index contributed by atoms with van der Waals surface area (Å²) in [6, 6.07) is 0. The Balaban J connectivity index is 1.88. The van der Waals surface area contributed by atoms with E-state index in [1.54, 1.807) is 0 Å². The average Bonchev–Trinajstić information content (AvgIpc) is 2.58. The Kier molecular flexibility index (Phi) is 6.46. The van der Waals surface area contributed by atoms with Crippen LogP contribution in [0.2, 0.25) is 0 Å². The topological polar surface area (TPSA) is 102 Å². The van der Waals surface area contributed by atoms with E-state index in [1.807, 2.05) is 18.2 Å². The summed E-state index contributed by atoms with van der Waals surface area (Å²) in [4.78, 5) is 33.7. The highest BCUT2D eigenvalue weighted by molar-refractivity contribution is 5.88. The normalized spacial score (nSPS) is 26.0. The molecule has 2 rings (SSSR count). The molecule has 0 bridgehead atoms. The molecule has 0 radical (unpaired) electrons. The predicted molar refractivity (Wildman–Crippen MR) is 81.2 cm³/mol. The number of aliphatic hydroxyl groups is 1. The van der Waals surface area contributed by atoms with E-state index in [-0.39, 0.29) is 56.1 Å². The Morgan fingerprint density at radius 2 is 2.09 bits per heavy atom. The molecule has 0 heterocycles. The van der Waals surface area contributed by atoms with Gasteiger partial charge in [-0.25, -0.2) is 4.79 Å². The minimum atomic E-state index is -0.381. The minimum absolute atomic E-state index is 0.00364. The van der Waals surface area contributed by atoms with Crippen molar-refractivity contribution in [2.45, 2.75) is 19.3 Å². The highest BCUT2D eigenvalue weighted by atomic mass is 16.5. The first-order valence-corrected chi connectivity index (χ1v) is 7.76. The smallest absolute Gasteiger partial charge is 0.333 e. The second kappa shape index (κ2) is 8.57. The van der Waals surface area contributed by atoms with Crippen LogP contribution in [0.25, 0.3) is 0 Å². The van der Waals surface area contributed by atoms with E-state index in [2.05, 4.69) is 5.18 Å². The van der Waals surface area contributed by atoms with Gasteiger partial charge in [0.1, 0.15) is 19.8 Å². The third kappa shape index (κ3) is 4.72. The maximum Gasteiger partial charge on any atom is 0.333 e. The highest BCUT2D eigenvalue weighted by Crippen LogP contribution is 2.39. The van der Waals surface area contributed by atoms with Crippen LogP contribution < -0.4 is 0 Å². The van der Waals surface area contributed by atoms with Crippen molar-refractivity contribution in [2.24, 2.45) is 22.9 Å². The van der Waals surface area contributed by atoms with Gasteiger partial charge in [0.2, 0.25) is 0 Å². The number of fused-ring (bicyclic) bond motifs is 1. The molecule has 0 aromatic carbocycles. The van der Waals surface area contributed by atoms with Gasteiger partial charge in [0, 0.05) is 5.57 Å². The van der Waals surface area contributed by atoms with E-state index in [0.29, 0.717) is 24.8 Å². The molecule has 7 nitrogen and oxygen atoms in total. The summed E-state index contributed by atoms with van der Waals surface area (Å²) >= 11 is 0. The summed E-state index contributed by atoms with van der Waals surface area (Å²) in [7, 11) is 0. The molecule has 0 aliphatic heterocycles. The Morgan fingerprint density at radius 3 is 2.83 bits per heavy atom. The molecule has 7 heteroatoms. The largest absolute Gasteiger partial charge is 0.463 e. The fourth-order valence-electron chi connectivity index (χ4n) is 3.01. The van der Waals surface area contributed by atoms with Crippen molar-refractivity contribution in [3.05, 3.63) is 28.7 Å². The third-order valence-corrected chi connectivity index (χ3v) is 4.19. The van der Waals surface area contributed by atoms with Crippen LogP contribution in [0, 0.1) is 22.7 Å². The molecule has 126 valence electrons. The van der Waals surface area contributed by atoms with Gasteiger partial charge < -0.3 is 14.6 Å². The monoisotopic (exact) mass is 323 g/mol. The lowest BCUT2D eigenvalue weighted by Crippen LogP contribution is -2.30. The Bertz CT molecular complexity index is 513. The van der Waals surface area contributed by atoms with E-state index in [1.165, 1.54) is 0 Å². The molecule has 1 N–H and O–H groups in total. The molecule has 0 aromatic rings. The van der Waals surface area contributed by atoms with E-state index in [0.717, 1.165) is 0 Å². The molecular weight excluding hydrogens is 302 g/mol. The lowest BCUT2D eigenvalue weighted by molar-refractivity contribution is -0.147. The number of carbonyl (C=O) groups is 2. The van der Waals surface area contributed by atoms with Crippen molar-refractivity contribution in [1.29, 1.82) is 0 Å². The van der Waals surface area contributed by atoms with Gasteiger partial charge in [0.05, 0.1) is 12.5 Å². The summed E-state index contributed by atoms with van der Waals surface area (Å²) < 4.78 is 9.94. The second-order valence-electron chi connectivity index (χ2n) is 5.70. The fourth-order valence-corrected chi connectivity index (χ4v) is 3.01. The van der Waals surface area contributed by atoms with Crippen molar-refractivity contribution in [2.75, 3.05) is 26.4 Å². The zero-order chi connectivity index (χ0) is 16.7. The SMILES string of the molecule is O=NCCOC(=O)C1C=CC2CC(C(=O)OCCO)=CCC2C1. The molecule has 3 atom stereocenters. The van der Waals surface area contributed by atoms with E-state index < -0.39 is 0 Å². The van der Waals surface area contributed by atoms with Crippen LogP contribution in [0.4, 0.5) is 0 Å². The summed E-state index contributed by atoms with van der Waals surface area (Å²) in [5.41, 5.74) is 0.627. The number of hydrogen-bond acceptors (Lipinski definition) is 7. The molecule has 0 fully saturated rings. The average molecular weight is 323 g/mol. The number of aliphatic hydroxyl groups excluding tert-OH is 1. The first-order valence-electron chi connectivity index (χ1n) is 7.76. The number of esters is 2. The third-order valence-electron chi connectivity index (χ3n) is 4.19. The van der Waals surface area contributed by atoms with Crippen LogP contribution in [-0.4, -0.2) is 43.4 Å². The zero-order valence-corrected chi connectivity index (χ0v) is 12.8. The summed E-state index contributed by atoms with van der Waals surface area (Å²) in [5.74, 6) is -0.526. The van der Waals surface area contributed by atoms with E-state index in [4.69, 9.17) is 14.6 Å². The first-order chi connectivity index (χ1) is 11.2. The molecule has 23 heavy (non-hydrogen) atoms. The maximum absolute atomic E-state index is 11.9. The highest BCUT2D eigenvalue weighted by Gasteiger charge is 2.34. The molecule has 2 aliphatic carbocycles. The minimum Gasteiger partial charge on any atom is -0.463 e. The van der Waals surface area contributed by atoms with Crippen LogP contribution >= 0.6 is 0 Å². The van der Waals surface area contributed by atoms with Crippen LogP contribution in [0.1, 0.15) is 19.3 Å². The number of nitrogens with zero attached hydrogens (tertiary/aromatic N) is 1. The quantitative estimate of drug-likeness (QED) is 0.328. The summed E-state index contributed by atoms with van der Waals surface area (Å²) in [6.45, 7) is -0.199. The van der Waals surface area contributed by atoms with Gasteiger partial charge in [-0.05, 0) is 31.1 Å². The van der Waals surface area contributed by atoms with Crippen LogP contribution in [0.15, 0.2) is 29.0 Å². The number of carbonyl (C=O) groups excluding carboxylic acids is 2. The number of hydrogen-bond donors (Lipinski definition) is 1. The lowest BCUT2D eigenvalue weighted by atomic mass is 9.71. The molecule has 0 saturated carbocycles. The number of allylic oxidation sites excluding steroid dienone is 2. The van der Waals surface area contributed by atoms with Crippen molar-refractivity contribution in [3.63, 3.8) is 0 Å². The Hall–Kier alpha value is -2.02. The van der Waals surface area contributed by atoms with Gasteiger partial charge in [-0.3, -0.25) is 4.79 Å². The van der Waals surface area contributed by atoms with Crippen LogP contribution in [0.3, 0.4) is 0 Å². The van der Waals surface area contributed by atoms with Gasteiger partial charge in [-0.15, -0.1) is 0 Å². The van der Waals surface area contributed by atoms with Gasteiger partial charge in [-0.1, -0.05) is 23.4 Å². The molecule has 0 aromatic heterocycles. The Morgan fingerprint density at radius 1 is 1.26 bits per heavy atom. The zero-order valence-electron chi connectivity index (χ0n) is 12.8. The van der Waals surface area contributed by atoms with Gasteiger partial charge in [-0.2, -0.15) is 4.91 Å². The molecule has 2 aliphatic rings.